The lowest BCUT2D eigenvalue weighted by Crippen LogP contribution is -2.32. The lowest BCUT2D eigenvalue weighted by atomic mass is 10.1. The van der Waals surface area contributed by atoms with Crippen molar-refractivity contribution < 1.29 is 46.1 Å². The van der Waals surface area contributed by atoms with E-state index in [1.807, 2.05) is 17.0 Å². The second-order valence-electron chi connectivity index (χ2n) is 9.30. The highest BCUT2D eigenvalue weighted by Gasteiger charge is 2.41. The first kappa shape index (κ1) is 26.5. The van der Waals surface area contributed by atoms with Gasteiger partial charge in [-0.05, 0) is 61.0 Å². The van der Waals surface area contributed by atoms with Crippen molar-refractivity contribution in [1.29, 1.82) is 0 Å². The topological polar surface area (TPSA) is 96.7 Å². The zero-order chi connectivity index (χ0) is 28.7. The van der Waals surface area contributed by atoms with E-state index in [1.54, 1.807) is 13.0 Å². The van der Waals surface area contributed by atoms with Crippen LogP contribution in [0.2, 0.25) is 0 Å². The molecule has 6 rings (SSSR count). The smallest absolute Gasteiger partial charge is 0.453 e. The number of alkyl halides is 3. The first-order valence-electron chi connectivity index (χ1n) is 12.6. The molecule has 0 aliphatic carbocycles. The van der Waals surface area contributed by atoms with E-state index in [-0.39, 0.29) is 49.0 Å². The zero-order valence-electron chi connectivity index (χ0n) is 21.6. The van der Waals surface area contributed by atoms with Crippen molar-refractivity contribution in [2.45, 2.75) is 26.2 Å². The van der Waals surface area contributed by atoms with E-state index in [0.29, 0.717) is 29.4 Å². The minimum absolute atomic E-state index is 0.0913. The summed E-state index contributed by atoms with van der Waals surface area (Å²) in [5.74, 6) is -1.72. The Morgan fingerprint density at radius 2 is 1.73 bits per heavy atom. The number of esters is 1. The SMILES string of the molecule is CCOC(=O)c1ccc(Oc2c(C(F)(F)F)oc3c4c(ccc3c2=O)OCN(Cc2ccc3c(c2)OCO3)C4)cc1. The molecule has 212 valence electrons. The van der Waals surface area contributed by atoms with E-state index in [4.69, 9.17) is 28.1 Å². The molecule has 0 bridgehead atoms. The quantitative estimate of drug-likeness (QED) is 0.265. The molecule has 4 aromatic rings. The summed E-state index contributed by atoms with van der Waals surface area (Å²) in [5, 5.41) is -0.0941. The standard InChI is InChI=1S/C29H22F3NO8/c1-2-36-28(35)17-4-6-18(7-5-17)40-26-24(34)19-8-10-21-20(25(19)41-27(26)29(30,31)32)13-33(14-37-21)12-16-3-9-22-23(11-16)39-15-38-22/h3-11H,2,12-15H2,1H3. The molecule has 12 heteroatoms. The molecule has 3 heterocycles. The number of ether oxygens (including phenoxy) is 5. The number of hydrogen-bond acceptors (Lipinski definition) is 9. The fraction of sp³-hybridized carbons (Fsp3) is 0.241. The number of rotatable bonds is 6. The number of nitrogens with zero attached hydrogens (tertiary/aromatic N) is 1. The summed E-state index contributed by atoms with van der Waals surface area (Å²) in [4.78, 5) is 27.1. The van der Waals surface area contributed by atoms with Gasteiger partial charge in [-0.1, -0.05) is 6.07 Å². The van der Waals surface area contributed by atoms with Crippen LogP contribution in [0.5, 0.6) is 28.7 Å². The lowest BCUT2D eigenvalue weighted by Gasteiger charge is -2.29. The van der Waals surface area contributed by atoms with Crippen molar-refractivity contribution in [2.24, 2.45) is 0 Å². The Morgan fingerprint density at radius 3 is 2.49 bits per heavy atom. The van der Waals surface area contributed by atoms with E-state index in [1.165, 1.54) is 36.4 Å². The summed E-state index contributed by atoms with van der Waals surface area (Å²) < 4.78 is 74.8. The Balaban J connectivity index is 1.34. The predicted octanol–water partition coefficient (Wildman–Crippen LogP) is 5.86. The maximum absolute atomic E-state index is 14.2. The van der Waals surface area contributed by atoms with Crippen LogP contribution in [0.4, 0.5) is 13.2 Å². The molecule has 9 nitrogen and oxygen atoms in total. The van der Waals surface area contributed by atoms with Crippen LogP contribution in [0.1, 0.15) is 34.2 Å². The second kappa shape index (κ2) is 10.4. The first-order valence-corrected chi connectivity index (χ1v) is 12.6. The summed E-state index contributed by atoms with van der Waals surface area (Å²) in [6.45, 7) is 2.67. The van der Waals surface area contributed by atoms with Crippen molar-refractivity contribution in [3.8, 4) is 28.7 Å². The normalized spacial score (nSPS) is 14.4. The Labute approximate surface area is 230 Å². The van der Waals surface area contributed by atoms with Gasteiger partial charge in [0.1, 0.15) is 23.8 Å². The Morgan fingerprint density at radius 1 is 0.976 bits per heavy atom. The maximum Gasteiger partial charge on any atom is 0.453 e. The highest BCUT2D eigenvalue weighted by Crippen LogP contribution is 2.41. The zero-order valence-corrected chi connectivity index (χ0v) is 21.6. The fourth-order valence-corrected chi connectivity index (χ4v) is 4.66. The molecule has 0 saturated carbocycles. The molecule has 2 aliphatic heterocycles. The van der Waals surface area contributed by atoms with Crippen LogP contribution in [0.3, 0.4) is 0 Å². The van der Waals surface area contributed by atoms with Gasteiger partial charge in [0.05, 0.1) is 23.1 Å². The molecule has 0 spiro atoms. The molecule has 41 heavy (non-hydrogen) atoms. The van der Waals surface area contributed by atoms with Crippen molar-refractivity contribution in [3.05, 3.63) is 87.3 Å². The van der Waals surface area contributed by atoms with Crippen LogP contribution in [-0.2, 0) is 24.0 Å². The van der Waals surface area contributed by atoms with Crippen molar-refractivity contribution in [2.75, 3.05) is 20.1 Å². The fourth-order valence-electron chi connectivity index (χ4n) is 4.66. The molecule has 0 radical (unpaired) electrons. The summed E-state index contributed by atoms with van der Waals surface area (Å²) in [6.07, 6.45) is -5.04. The van der Waals surface area contributed by atoms with Gasteiger partial charge in [0.2, 0.25) is 18.0 Å². The minimum atomic E-state index is -5.04. The minimum Gasteiger partial charge on any atom is -0.478 e. The molecule has 2 aliphatic rings. The van der Waals surface area contributed by atoms with Crippen LogP contribution >= 0.6 is 0 Å². The molecule has 0 unspecified atom stereocenters. The van der Waals surface area contributed by atoms with Crippen LogP contribution in [0, 0.1) is 0 Å². The van der Waals surface area contributed by atoms with E-state index < -0.39 is 29.1 Å². The Bertz CT molecular complexity index is 1700. The number of carbonyl (C=O) groups excluding carboxylic acids is 1. The molecule has 1 aromatic heterocycles. The van der Waals surface area contributed by atoms with Gasteiger partial charge in [-0.15, -0.1) is 0 Å². The molecular formula is C29H22F3NO8. The maximum atomic E-state index is 14.2. The summed E-state index contributed by atoms with van der Waals surface area (Å²) in [6, 6.07) is 13.5. The van der Waals surface area contributed by atoms with Gasteiger partial charge in [0.15, 0.2) is 11.5 Å². The van der Waals surface area contributed by atoms with Crippen molar-refractivity contribution in [3.63, 3.8) is 0 Å². The molecule has 3 aromatic carbocycles. The largest absolute Gasteiger partial charge is 0.478 e. The summed E-state index contributed by atoms with van der Waals surface area (Å²) >= 11 is 0. The highest BCUT2D eigenvalue weighted by molar-refractivity contribution is 5.89. The van der Waals surface area contributed by atoms with Crippen LogP contribution in [0.15, 0.2) is 63.8 Å². The van der Waals surface area contributed by atoms with Gasteiger partial charge in [-0.3, -0.25) is 9.69 Å². The van der Waals surface area contributed by atoms with Gasteiger partial charge >= 0.3 is 12.1 Å². The summed E-state index contributed by atoms with van der Waals surface area (Å²) in [5.41, 5.74) is 0.132. The molecule has 0 amide bonds. The van der Waals surface area contributed by atoms with Gasteiger partial charge < -0.3 is 28.1 Å². The van der Waals surface area contributed by atoms with E-state index in [0.717, 1.165) is 5.56 Å². The van der Waals surface area contributed by atoms with E-state index in [9.17, 15) is 22.8 Å². The van der Waals surface area contributed by atoms with Crippen molar-refractivity contribution in [1.82, 2.24) is 4.90 Å². The van der Waals surface area contributed by atoms with Crippen LogP contribution in [-0.4, -0.2) is 31.0 Å². The van der Waals surface area contributed by atoms with E-state index >= 15 is 0 Å². The number of benzene rings is 3. The third-order valence-corrected chi connectivity index (χ3v) is 6.55. The molecule has 0 atom stereocenters. The van der Waals surface area contributed by atoms with Crippen molar-refractivity contribution >= 4 is 16.9 Å². The number of fused-ring (bicyclic) bond motifs is 4. The number of carbonyl (C=O) groups is 1. The average molecular weight is 569 g/mol. The third-order valence-electron chi connectivity index (χ3n) is 6.55. The monoisotopic (exact) mass is 569 g/mol. The Hall–Kier alpha value is -4.71. The molecule has 0 fully saturated rings. The van der Waals surface area contributed by atoms with Crippen LogP contribution in [0.25, 0.3) is 11.0 Å². The molecule has 0 saturated heterocycles. The number of hydrogen-bond donors (Lipinski definition) is 0. The van der Waals surface area contributed by atoms with Gasteiger partial charge in [-0.2, -0.15) is 13.2 Å². The highest BCUT2D eigenvalue weighted by atomic mass is 19.4. The van der Waals surface area contributed by atoms with Gasteiger partial charge in [-0.25, -0.2) is 4.79 Å². The predicted molar refractivity (Wildman–Crippen MR) is 137 cm³/mol. The molecular weight excluding hydrogens is 547 g/mol. The van der Waals surface area contributed by atoms with Crippen LogP contribution < -0.4 is 24.4 Å². The Kier molecular flexibility index (Phi) is 6.70. The van der Waals surface area contributed by atoms with Gasteiger partial charge in [0, 0.05) is 13.1 Å². The lowest BCUT2D eigenvalue weighted by molar-refractivity contribution is -0.154. The summed E-state index contributed by atoms with van der Waals surface area (Å²) in [7, 11) is 0. The third kappa shape index (κ3) is 5.13. The average Bonchev–Trinajstić information content (AvgIpc) is 3.42. The number of halogens is 3. The van der Waals surface area contributed by atoms with Gasteiger partial charge in [0.25, 0.3) is 5.76 Å². The molecule has 0 N–H and O–H groups in total. The second-order valence-corrected chi connectivity index (χ2v) is 9.30. The van der Waals surface area contributed by atoms with E-state index in [2.05, 4.69) is 0 Å². The first-order chi connectivity index (χ1) is 19.7.